The van der Waals surface area contributed by atoms with Gasteiger partial charge in [0.05, 0.1) is 0 Å². The van der Waals surface area contributed by atoms with E-state index in [9.17, 15) is 0 Å². The van der Waals surface area contributed by atoms with Crippen LogP contribution in [0.3, 0.4) is 0 Å². The summed E-state index contributed by atoms with van der Waals surface area (Å²) in [6.07, 6.45) is -23.7. The van der Waals surface area contributed by atoms with Crippen LogP contribution in [0.1, 0.15) is 0 Å². The van der Waals surface area contributed by atoms with Gasteiger partial charge in [-0.3, -0.25) is 0 Å². The van der Waals surface area contributed by atoms with Crippen molar-refractivity contribution in [3.8, 4) is 0 Å². The smallest absolute Gasteiger partial charge is 0.0000000000000000739 e. The molecule has 0 nitrogen and oxygen atoms in total. The van der Waals surface area contributed by atoms with Crippen molar-refractivity contribution in [3.63, 3.8) is 0 Å². The molecule has 0 saturated heterocycles. The first-order valence-electron chi connectivity index (χ1n) is 14.7. The molecule has 0 aliphatic rings. The fraction of sp³-hybridized carbons (Fsp3) is 0. The molecule has 0 aromatic heterocycles. The Bertz CT molecular complexity index is 666. The molecule has 0 fully saturated rings. The van der Waals surface area contributed by atoms with Gasteiger partial charge in [0, 0.05) is 0 Å². The fourth-order valence-electron chi connectivity index (χ4n) is 6.93. The van der Waals surface area contributed by atoms with Gasteiger partial charge in [-0.1, -0.05) is 0 Å². The normalized spacial score (nSPS) is 9.62. The van der Waals surface area contributed by atoms with Gasteiger partial charge >= 0.3 is 0 Å². The monoisotopic (exact) mass is 495 g/mol. The van der Waals surface area contributed by atoms with Crippen LogP contribution in [0.25, 0.3) is 0 Å². The van der Waals surface area contributed by atoms with E-state index >= 15 is 0 Å². The predicted octanol–water partition coefficient (Wildman–Crippen LogP) is -17.1. The third-order valence-corrected chi connectivity index (χ3v) is 8.89. The van der Waals surface area contributed by atoms with Crippen molar-refractivity contribution < 1.29 is 0 Å². The lowest BCUT2D eigenvalue weighted by atomic mass is 8.30. The summed E-state index contributed by atoms with van der Waals surface area (Å²) in [5, 5.41) is 0. The van der Waals surface area contributed by atoms with Crippen molar-refractivity contribution >= 4 is 319 Å². The van der Waals surface area contributed by atoms with E-state index in [2.05, 4.69) is 0 Å². The summed E-state index contributed by atoms with van der Waals surface area (Å²) in [7, 11) is 146. The van der Waals surface area contributed by atoms with Gasteiger partial charge in [-0.2, -0.15) is 0 Å². The van der Waals surface area contributed by atoms with Crippen LogP contribution in [0.15, 0.2) is 0 Å². The number of hydrogen-bond donors (Lipinski definition) is 0. The molecule has 0 saturated carbocycles. The van der Waals surface area contributed by atoms with Crippen molar-refractivity contribution in [2.45, 2.75) is 0 Å². The average Bonchev–Trinajstić information content (AvgIpc) is 2.82. The van der Waals surface area contributed by atoms with E-state index in [4.69, 9.17) is 178 Å². The van der Waals surface area contributed by atoms with Crippen LogP contribution in [0, 0.1) is 0 Å². The Balaban J connectivity index is 8.41. The molecular formula is B45-. The summed E-state index contributed by atoms with van der Waals surface area (Å²) in [6.45, 7) is 0. The second-order valence-corrected chi connectivity index (χ2v) is 12.3. The quantitative estimate of drug-likeness (QED) is 0.142. The van der Waals surface area contributed by atoms with Crippen LogP contribution in [0.2, 0.25) is 0 Å². The zero-order valence-corrected chi connectivity index (χ0v) is 26.0. The van der Waals surface area contributed by atoms with Gasteiger partial charge in [0.25, 0.3) is 0 Å². The summed E-state index contributed by atoms with van der Waals surface area (Å²) in [5.41, 5.74) is 0. The van der Waals surface area contributed by atoms with Gasteiger partial charge < -0.3 is 7.74 Å². The maximum absolute atomic E-state index is 6.71. The maximum Gasteiger partial charge on any atom is -0.0000000000000000739 e. The Morgan fingerprint density at radius 1 is 0.267 bits per heavy atom. The van der Waals surface area contributed by atoms with Crippen LogP contribution in [0.4, 0.5) is 0 Å². The summed E-state index contributed by atoms with van der Waals surface area (Å²) >= 11 is 0. The molecule has 0 spiro atoms. The molecule has 0 aliphatic heterocycles. The molecule has 0 atom stereocenters. The summed E-state index contributed by atoms with van der Waals surface area (Å²) < 4.78 is 0. The molecule has 45 heavy (non-hydrogen) atoms. The first-order valence-corrected chi connectivity index (χ1v) is 14.7. The topological polar surface area (TPSA) is 0 Å². The van der Waals surface area contributed by atoms with Crippen molar-refractivity contribution in [1.82, 2.24) is 0 Å². The van der Waals surface area contributed by atoms with Crippen molar-refractivity contribution in [2.75, 3.05) is 0 Å². The maximum atomic E-state index is 6.71. The van der Waals surface area contributed by atoms with Crippen molar-refractivity contribution in [1.29, 1.82) is 0 Å². The second-order valence-electron chi connectivity index (χ2n) is 12.3. The zero-order valence-electron chi connectivity index (χ0n) is 26.0. The number of hydrogen-bond acceptors (Lipinski definition) is 0. The van der Waals surface area contributed by atoms with E-state index in [1.807, 2.05) is 0 Å². The summed E-state index contributed by atoms with van der Waals surface area (Å²) in [4.78, 5) is 0. The van der Waals surface area contributed by atoms with Crippen molar-refractivity contribution in [3.05, 3.63) is 0 Å². The van der Waals surface area contributed by atoms with E-state index in [1.165, 1.54) is 0 Å². The minimum absolute atomic E-state index is 0.990. The molecule has 0 rings (SSSR count). The highest BCUT2D eigenvalue weighted by atomic mass is 13.4. The van der Waals surface area contributed by atoms with Gasteiger partial charge in [0.1, 0.15) is 0 Å². The van der Waals surface area contributed by atoms with Crippen LogP contribution in [0.5, 0.6) is 0 Å². The van der Waals surface area contributed by atoms with Crippen LogP contribution in [-0.2, 0) is 0 Å². The van der Waals surface area contributed by atoms with Crippen molar-refractivity contribution in [2.24, 2.45) is 0 Å². The third-order valence-electron chi connectivity index (χ3n) is 8.89. The summed E-state index contributed by atoms with van der Waals surface area (Å²) in [5.74, 6) is 0. The van der Waals surface area contributed by atoms with E-state index in [-0.39, 0.29) is 0 Å². The number of rotatable bonds is 21. The highest BCUT2D eigenvalue weighted by Gasteiger charge is 2.53. The van der Waals surface area contributed by atoms with Crippen LogP contribution >= 0.6 is 0 Å². The molecule has 0 aromatic rings. The van der Waals surface area contributed by atoms with Crippen LogP contribution in [-0.4, -0.2) is 319 Å². The molecule has 0 aliphatic carbocycles. The highest BCUT2D eigenvalue weighted by Crippen LogP contribution is 2.16. The average molecular weight is 487 g/mol. The van der Waals surface area contributed by atoms with E-state index < -0.39 is 134 Å². The Morgan fingerprint density at radius 2 is 0.467 bits per heavy atom. The molecule has 0 heterocycles. The summed E-state index contributed by atoms with van der Waals surface area (Å²) in [6, 6.07) is 0. The first-order chi connectivity index (χ1) is 20.4. The second kappa shape index (κ2) is 22.1. The first kappa shape index (κ1) is 47.9. The van der Waals surface area contributed by atoms with E-state index in [0.29, 0.717) is 0 Å². The molecule has 0 unspecified atom stereocenters. The Morgan fingerprint density at radius 3 is 0.667 bits per heavy atom. The van der Waals surface area contributed by atoms with Gasteiger partial charge in [0.2, 0.25) is 0 Å². The molecule has 0 aromatic carbocycles. The lowest BCUT2D eigenvalue weighted by molar-refractivity contribution is 3.24. The highest BCUT2D eigenvalue weighted by molar-refractivity contribution is 8.29. The standard InChI is InChI=1S/B45/c1-25(2)36(23)44(41(30(11)12)31(13)14)38(45(42(32(15)16)33(17)18)43(34(19)20)35(21)22)24-37(39(26(3)4)27(5)6)40(28(7)8)29(9)10/q-1. The molecule has 48 radical (unpaired) electrons. The molecule has 136 valence electrons. The fourth-order valence-corrected chi connectivity index (χ4v) is 6.93. The van der Waals surface area contributed by atoms with Gasteiger partial charge in [-0.05, 0) is 305 Å². The largest absolute Gasteiger partial charge is 0.687 e. The Hall–Kier alpha value is 2.92. The van der Waals surface area contributed by atoms with Gasteiger partial charge in [-0.25, -0.2) is 6.39 Å². The Kier molecular flexibility index (Phi) is 23.5. The molecule has 0 amide bonds. The minimum Gasteiger partial charge on any atom is -0.687 e. The van der Waals surface area contributed by atoms with Gasteiger partial charge in [-0.15, -0.1) is 0 Å². The molecule has 0 N–H and O–H groups in total. The Labute approximate surface area is 316 Å². The molecular weight excluding hydrogens is 487 g/mol. The van der Waals surface area contributed by atoms with Gasteiger partial charge in [0.15, 0.2) is 0 Å². The van der Waals surface area contributed by atoms with Crippen LogP contribution < -0.4 is 0 Å². The zero-order chi connectivity index (χ0) is 35.8. The van der Waals surface area contributed by atoms with E-state index in [1.54, 1.807) is 7.06 Å². The molecule has 0 bridgehead atoms. The third kappa shape index (κ3) is 13.8. The van der Waals surface area contributed by atoms with E-state index in [0.717, 1.165) is 0 Å². The SMILES string of the molecule is [B]B([B])B(B([B])[B])B([B]B(B(B([B])B([B])[B-])B(B([B])[B])B([B])[B])B(B(B([B])[B])B([B])[B])B(B([B])[B])B([B])[B])B(B([B])[B])B([B])[B]. The predicted molar refractivity (Wildman–Crippen MR) is 259 cm³/mol. The lowest BCUT2D eigenvalue weighted by Gasteiger charge is -2.52. The minimum atomic E-state index is -1.22. The lowest BCUT2D eigenvalue weighted by Crippen LogP contribution is -2.89. The molecule has 45 heteroatoms.